The summed E-state index contributed by atoms with van der Waals surface area (Å²) in [7, 11) is 0. The Kier molecular flexibility index (Phi) is 3.84. The summed E-state index contributed by atoms with van der Waals surface area (Å²) in [6.45, 7) is 2.11. The minimum absolute atomic E-state index is 0.157. The van der Waals surface area contributed by atoms with E-state index < -0.39 is 6.36 Å². The van der Waals surface area contributed by atoms with E-state index in [2.05, 4.69) is 20.7 Å². The molecule has 84 valence electrons. The molecule has 0 aliphatic rings. The van der Waals surface area contributed by atoms with E-state index in [0.29, 0.717) is 12.4 Å². The van der Waals surface area contributed by atoms with Crippen LogP contribution in [-0.2, 0) is 0 Å². The summed E-state index contributed by atoms with van der Waals surface area (Å²) in [5.41, 5.74) is 0. The second-order valence-corrected chi connectivity index (χ2v) is 3.34. The van der Waals surface area contributed by atoms with Gasteiger partial charge in [0.25, 0.3) is 0 Å². The summed E-state index contributed by atoms with van der Waals surface area (Å²) in [5, 5.41) is 0. The van der Waals surface area contributed by atoms with Gasteiger partial charge in [-0.15, -0.1) is 13.2 Å². The highest BCUT2D eigenvalue weighted by atomic mass is 79.9. The first-order valence-electron chi connectivity index (χ1n) is 4.11. The highest BCUT2D eigenvalue weighted by Gasteiger charge is 2.32. The van der Waals surface area contributed by atoms with Gasteiger partial charge in [-0.1, -0.05) is 6.07 Å². The monoisotopic (exact) mass is 284 g/mol. The molecule has 0 saturated carbocycles. The zero-order valence-electron chi connectivity index (χ0n) is 7.77. The molecule has 0 aromatic heterocycles. The van der Waals surface area contributed by atoms with Crippen LogP contribution in [0.4, 0.5) is 13.2 Å². The fourth-order valence-corrected chi connectivity index (χ4v) is 1.42. The molecule has 1 aromatic rings. The van der Waals surface area contributed by atoms with Crippen LogP contribution in [-0.4, -0.2) is 13.0 Å². The Morgan fingerprint density at radius 3 is 2.40 bits per heavy atom. The van der Waals surface area contributed by atoms with Crippen LogP contribution in [0.3, 0.4) is 0 Å². The second kappa shape index (κ2) is 4.74. The number of hydrogen-bond acceptors (Lipinski definition) is 2. The van der Waals surface area contributed by atoms with Crippen molar-refractivity contribution in [2.24, 2.45) is 0 Å². The third-order valence-corrected chi connectivity index (χ3v) is 2.23. The molecule has 0 radical (unpaired) electrons. The van der Waals surface area contributed by atoms with E-state index in [9.17, 15) is 13.2 Å². The summed E-state index contributed by atoms with van der Waals surface area (Å²) in [5.74, 6) is 0.00713. The van der Waals surface area contributed by atoms with Gasteiger partial charge in [0.05, 0.1) is 6.61 Å². The van der Waals surface area contributed by atoms with Crippen LogP contribution in [0.15, 0.2) is 22.7 Å². The fourth-order valence-electron chi connectivity index (χ4n) is 0.961. The van der Waals surface area contributed by atoms with Gasteiger partial charge in [-0.25, -0.2) is 0 Å². The summed E-state index contributed by atoms with van der Waals surface area (Å²) < 4.78 is 44.9. The molecule has 0 aliphatic carbocycles. The number of benzene rings is 1. The van der Waals surface area contributed by atoms with Crippen molar-refractivity contribution in [2.45, 2.75) is 13.3 Å². The summed E-state index contributed by atoms with van der Waals surface area (Å²) in [4.78, 5) is 0. The van der Waals surface area contributed by atoms with Crippen LogP contribution in [0, 0.1) is 0 Å². The molecule has 15 heavy (non-hydrogen) atoms. The van der Waals surface area contributed by atoms with E-state index in [-0.39, 0.29) is 10.2 Å². The lowest BCUT2D eigenvalue weighted by atomic mass is 10.3. The smallest absolute Gasteiger partial charge is 0.493 e. The number of rotatable bonds is 3. The van der Waals surface area contributed by atoms with E-state index in [4.69, 9.17) is 4.74 Å². The molecule has 0 amide bonds. The number of alkyl halides is 3. The third-order valence-electron chi connectivity index (χ3n) is 1.45. The topological polar surface area (TPSA) is 18.5 Å². The molecule has 0 aliphatic heterocycles. The molecule has 1 rings (SSSR count). The van der Waals surface area contributed by atoms with Gasteiger partial charge in [-0.2, -0.15) is 0 Å². The molecular weight excluding hydrogens is 277 g/mol. The van der Waals surface area contributed by atoms with Crippen molar-refractivity contribution in [2.75, 3.05) is 6.61 Å². The first-order chi connectivity index (χ1) is 6.94. The molecule has 0 N–H and O–H groups in total. The molecule has 1 aromatic carbocycles. The molecule has 0 fully saturated rings. The van der Waals surface area contributed by atoms with Crippen LogP contribution in [0.5, 0.6) is 11.5 Å². The van der Waals surface area contributed by atoms with Crippen molar-refractivity contribution in [1.29, 1.82) is 0 Å². The molecule has 0 heterocycles. The van der Waals surface area contributed by atoms with E-state index in [1.165, 1.54) is 12.1 Å². The average molecular weight is 285 g/mol. The van der Waals surface area contributed by atoms with Gasteiger partial charge in [0.15, 0.2) is 0 Å². The van der Waals surface area contributed by atoms with Gasteiger partial charge in [0.2, 0.25) is 0 Å². The van der Waals surface area contributed by atoms with Crippen LogP contribution >= 0.6 is 15.9 Å². The SMILES string of the molecule is CCOc1cccc(OC(F)(F)F)c1Br. The predicted octanol–water partition coefficient (Wildman–Crippen LogP) is 3.75. The van der Waals surface area contributed by atoms with Gasteiger partial charge in [0.1, 0.15) is 16.0 Å². The first kappa shape index (κ1) is 12.2. The number of halogens is 4. The van der Waals surface area contributed by atoms with E-state index in [1.54, 1.807) is 13.0 Å². The van der Waals surface area contributed by atoms with Gasteiger partial charge in [-0.3, -0.25) is 0 Å². The maximum Gasteiger partial charge on any atom is 0.573 e. The Morgan fingerprint density at radius 1 is 1.27 bits per heavy atom. The largest absolute Gasteiger partial charge is 0.573 e. The second-order valence-electron chi connectivity index (χ2n) is 2.55. The molecular formula is C9H8BrF3O2. The van der Waals surface area contributed by atoms with Gasteiger partial charge in [-0.05, 0) is 35.0 Å². The number of hydrogen-bond donors (Lipinski definition) is 0. The lowest BCUT2D eigenvalue weighted by Crippen LogP contribution is -2.17. The Hall–Kier alpha value is -0.910. The average Bonchev–Trinajstić information content (AvgIpc) is 2.10. The van der Waals surface area contributed by atoms with Crippen LogP contribution < -0.4 is 9.47 Å². The zero-order valence-corrected chi connectivity index (χ0v) is 9.35. The molecule has 0 atom stereocenters. The molecule has 0 bridgehead atoms. The van der Waals surface area contributed by atoms with Crippen molar-refractivity contribution in [3.05, 3.63) is 22.7 Å². The minimum atomic E-state index is -4.70. The van der Waals surface area contributed by atoms with Crippen LogP contribution in [0.25, 0.3) is 0 Å². The van der Waals surface area contributed by atoms with Crippen molar-refractivity contribution < 1.29 is 22.6 Å². The zero-order chi connectivity index (χ0) is 11.5. The quantitative estimate of drug-likeness (QED) is 0.842. The van der Waals surface area contributed by atoms with Gasteiger partial charge in [0, 0.05) is 0 Å². The fraction of sp³-hybridized carbons (Fsp3) is 0.333. The molecule has 6 heteroatoms. The Balaban J connectivity index is 2.94. The Morgan fingerprint density at radius 2 is 1.87 bits per heavy atom. The van der Waals surface area contributed by atoms with E-state index in [1.807, 2.05) is 0 Å². The lowest BCUT2D eigenvalue weighted by molar-refractivity contribution is -0.274. The molecule has 0 unspecified atom stereocenters. The first-order valence-corrected chi connectivity index (χ1v) is 4.90. The summed E-state index contributed by atoms with van der Waals surface area (Å²) >= 11 is 2.98. The number of ether oxygens (including phenoxy) is 2. The normalized spacial score (nSPS) is 11.3. The maximum atomic E-state index is 12.0. The molecule has 0 spiro atoms. The van der Waals surface area contributed by atoms with Crippen molar-refractivity contribution >= 4 is 15.9 Å². The van der Waals surface area contributed by atoms with Gasteiger partial charge >= 0.3 is 6.36 Å². The summed E-state index contributed by atoms with van der Waals surface area (Å²) in [6.07, 6.45) is -4.70. The highest BCUT2D eigenvalue weighted by Crippen LogP contribution is 2.36. The molecule has 2 nitrogen and oxygen atoms in total. The Bertz CT molecular complexity index is 339. The minimum Gasteiger partial charge on any atom is -0.493 e. The van der Waals surface area contributed by atoms with Crippen LogP contribution in [0.1, 0.15) is 6.92 Å². The van der Waals surface area contributed by atoms with Gasteiger partial charge < -0.3 is 9.47 Å². The standard InChI is InChI=1S/C9H8BrF3O2/c1-2-14-6-4-3-5-7(8(6)10)15-9(11,12)13/h3-5H,2H2,1H3. The maximum absolute atomic E-state index is 12.0. The molecule has 0 saturated heterocycles. The highest BCUT2D eigenvalue weighted by molar-refractivity contribution is 9.10. The van der Waals surface area contributed by atoms with Crippen molar-refractivity contribution in [3.8, 4) is 11.5 Å². The third kappa shape index (κ3) is 3.62. The summed E-state index contributed by atoms with van der Waals surface area (Å²) in [6, 6.07) is 4.19. The predicted molar refractivity (Wildman–Crippen MR) is 52.0 cm³/mol. The van der Waals surface area contributed by atoms with E-state index in [0.717, 1.165) is 0 Å². The van der Waals surface area contributed by atoms with Crippen LogP contribution in [0.2, 0.25) is 0 Å². The lowest BCUT2D eigenvalue weighted by Gasteiger charge is -2.12. The van der Waals surface area contributed by atoms with Crippen molar-refractivity contribution in [1.82, 2.24) is 0 Å². The van der Waals surface area contributed by atoms with Crippen molar-refractivity contribution in [3.63, 3.8) is 0 Å². The Labute approximate surface area is 93.1 Å². The van der Waals surface area contributed by atoms with E-state index >= 15 is 0 Å².